The van der Waals surface area contributed by atoms with Crippen LogP contribution in [0.2, 0.25) is 0 Å². The molecular formula is C14H20N2O3S. The van der Waals surface area contributed by atoms with E-state index < -0.39 is 0 Å². The maximum atomic E-state index is 11.8. The number of rotatable bonds is 6. The summed E-state index contributed by atoms with van der Waals surface area (Å²) in [5, 5.41) is 4.43. The van der Waals surface area contributed by atoms with E-state index >= 15 is 0 Å². The Balaban J connectivity index is 2.64. The summed E-state index contributed by atoms with van der Waals surface area (Å²) in [7, 11) is 2.98. The molecule has 6 heteroatoms. The van der Waals surface area contributed by atoms with Crippen molar-refractivity contribution in [1.82, 2.24) is 10.4 Å². The second-order valence-electron chi connectivity index (χ2n) is 4.32. The van der Waals surface area contributed by atoms with Crippen molar-refractivity contribution in [2.75, 3.05) is 20.8 Å². The second kappa shape index (κ2) is 8.50. The fourth-order valence-corrected chi connectivity index (χ4v) is 1.68. The zero-order valence-electron chi connectivity index (χ0n) is 12.0. The van der Waals surface area contributed by atoms with Crippen LogP contribution in [0.4, 0.5) is 4.79 Å². The molecule has 1 aromatic rings. The molecule has 0 spiro atoms. The summed E-state index contributed by atoms with van der Waals surface area (Å²) < 4.78 is 5.35. The Bertz CT molecular complexity index is 439. The number of carbonyl (C=O) groups is 1. The first-order valence-electron chi connectivity index (χ1n) is 6.28. The third-order valence-corrected chi connectivity index (χ3v) is 2.82. The molecule has 0 radical (unpaired) electrons. The summed E-state index contributed by atoms with van der Waals surface area (Å²) in [6.07, 6.45) is 0.659. The van der Waals surface area contributed by atoms with E-state index in [0.717, 1.165) is 10.6 Å². The van der Waals surface area contributed by atoms with Gasteiger partial charge in [-0.3, -0.25) is 4.84 Å². The molecule has 0 bridgehead atoms. The van der Waals surface area contributed by atoms with Crippen LogP contribution in [-0.4, -0.2) is 43.0 Å². The van der Waals surface area contributed by atoms with E-state index in [2.05, 4.69) is 5.32 Å². The molecule has 0 fully saturated rings. The summed E-state index contributed by atoms with van der Waals surface area (Å²) in [4.78, 5) is 16.7. The number of carbonyl (C=O) groups excluding carboxylic acids is 1. The molecule has 1 unspecified atom stereocenters. The molecular weight excluding hydrogens is 276 g/mol. The highest BCUT2D eigenvalue weighted by Gasteiger charge is 2.16. The molecule has 110 valence electrons. The van der Waals surface area contributed by atoms with Gasteiger partial charge in [-0.1, -0.05) is 30.3 Å². The van der Waals surface area contributed by atoms with E-state index in [1.807, 2.05) is 30.3 Å². The molecule has 1 N–H and O–H groups in total. The van der Waals surface area contributed by atoms with Crippen LogP contribution in [0.25, 0.3) is 0 Å². The zero-order chi connectivity index (χ0) is 15.0. The van der Waals surface area contributed by atoms with Gasteiger partial charge in [-0.25, -0.2) is 9.86 Å². The summed E-state index contributed by atoms with van der Waals surface area (Å²) in [5.41, 5.74) is 1.11. The Labute approximate surface area is 124 Å². The van der Waals surface area contributed by atoms with Gasteiger partial charge in [-0.05, 0) is 24.2 Å². The number of hydroxylamine groups is 2. The lowest BCUT2D eigenvalue weighted by Gasteiger charge is -2.22. The number of ether oxygens (including phenoxy) is 1. The molecule has 20 heavy (non-hydrogen) atoms. The lowest BCUT2D eigenvalue weighted by Crippen LogP contribution is -2.45. The average molecular weight is 296 g/mol. The fourth-order valence-electron chi connectivity index (χ4n) is 1.62. The van der Waals surface area contributed by atoms with Crippen LogP contribution >= 0.6 is 12.2 Å². The zero-order valence-corrected chi connectivity index (χ0v) is 12.8. The van der Waals surface area contributed by atoms with Crippen LogP contribution < -0.4 is 5.32 Å². The smallest absolute Gasteiger partial charge is 0.341 e. The first-order chi connectivity index (χ1) is 9.52. The number of nitrogens with one attached hydrogen (secondary N) is 1. The molecule has 5 nitrogen and oxygen atoms in total. The molecule has 0 aromatic heterocycles. The molecule has 0 aliphatic heterocycles. The predicted molar refractivity (Wildman–Crippen MR) is 81.5 cm³/mol. The van der Waals surface area contributed by atoms with Crippen molar-refractivity contribution in [2.45, 2.75) is 19.4 Å². The Morgan fingerprint density at radius 3 is 2.60 bits per heavy atom. The number of nitrogens with zero attached hydrogens (tertiary/aromatic N) is 1. The topological polar surface area (TPSA) is 50.8 Å². The van der Waals surface area contributed by atoms with Gasteiger partial charge in [0.2, 0.25) is 0 Å². The highest BCUT2D eigenvalue weighted by Crippen LogP contribution is 2.04. The van der Waals surface area contributed by atoms with Gasteiger partial charge < -0.3 is 10.1 Å². The molecule has 1 rings (SSSR count). The number of thiocarbonyl (C=S) groups is 1. The van der Waals surface area contributed by atoms with Gasteiger partial charge in [0.1, 0.15) is 6.61 Å². The van der Waals surface area contributed by atoms with Crippen molar-refractivity contribution in [3.8, 4) is 0 Å². The number of benzene rings is 1. The minimum atomic E-state index is -0.320. The van der Waals surface area contributed by atoms with Crippen molar-refractivity contribution in [1.29, 1.82) is 0 Å². The summed E-state index contributed by atoms with van der Waals surface area (Å²) in [5.74, 6) is 0. The minimum absolute atomic E-state index is 0.180. The first kappa shape index (κ1) is 16.4. The molecule has 0 saturated heterocycles. The van der Waals surface area contributed by atoms with Crippen LogP contribution in [0.5, 0.6) is 0 Å². The van der Waals surface area contributed by atoms with E-state index in [1.165, 1.54) is 7.11 Å². The molecule has 2 amide bonds. The molecule has 0 aliphatic carbocycles. The average Bonchev–Trinajstić information content (AvgIpc) is 2.44. The molecule has 0 aliphatic rings. The maximum Gasteiger partial charge on any atom is 0.341 e. The van der Waals surface area contributed by atoms with E-state index in [9.17, 15) is 4.79 Å². The predicted octanol–water partition coefficient (Wildman–Crippen LogP) is 2.16. The third kappa shape index (κ3) is 5.99. The first-order valence-corrected chi connectivity index (χ1v) is 6.69. The Kier molecular flexibility index (Phi) is 6.97. The summed E-state index contributed by atoms with van der Waals surface area (Å²) in [6.45, 7) is 2.03. The highest BCUT2D eigenvalue weighted by atomic mass is 32.1. The van der Waals surface area contributed by atoms with Crippen molar-refractivity contribution in [3.63, 3.8) is 0 Å². The van der Waals surface area contributed by atoms with Crippen molar-refractivity contribution < 1.29 is 14.4 Å². The van der Waals surface area contributed by atoms with E-state index in [-0.39, 0.29) is 12.1 Å². The van der Waals surface area contributed by atoms with Gasteiger partial charge in [0, 0.05) is 14.0 Å². The summed E-state index contributed by atoms with van der Waals surface area (Å²) >= 11 is 4.90. The Morgan fingerprint density at radius 2 is 2.05 bits per heavy atom. The largest absolute Gasteiger partial charge is 0.485 e. The molecule has 0 heterocycles. The third-order valence-electron chi connectivity index (χ3n) is 2.70. The van der Waals surface area contributed by atoms with E-state index in [4.69, 9.17) is 21.8 Å². The monoisotopic (exact) mass is 296 g/mol. The van der Waals surface area contributed by atoms with Gasteiger partial charge in [-0.2, -0.15) is 0 Å². The van der Waals surface area contributed by atoms with Crippen molar-refractivity contribution in [2.24, 2.45) is 0 Å². The number of hydrogen-bond acceptors (Lipinski definition) is 4. The van der Waals surface area contributed by atoms with Crippen molar-refractivity contribution >= 4 is 23.3 Å². The van der Waals surface area contributed by atoms with Crippen LogP contribution in [0.3, 0.4) is 0 Å². The summed E-state index contributed by atoms with van der Waals surface area (Å²) in [6, 6.07) is 9.38. The lowest BCUT2D eigenvalue weighted by atomic mass is 10.1. The maximum absolute atomic E-state index is 11.8. The fraction of sp³-hybridized carbons (Fsp3) is 0.429. The lowest BCUT2D eigenvalue weighted by molar-refractivity contribution is -0.0659. The standard InChI is InChI=1S/C14H20N2O3S/c1-11(20)19-10-13(15-14(17)16(2)18-3)9-12-7-5-4-6-8-12/h4-8,13H,9-10H2,1-3H3,(H,15,17). The number of amides is 2. The number of hydrogen-bond donors (Lipinski definition) is 1. The minimum Gasteiger partial charge on any atom is -0.485 e. The normalized spacial score (nSPS) is 11.6. The van der Waals surface area contributed by atoms with E-state index in [0.29, 0.717) is 18.1 Å². The van der Waals surface area contributed by atoms with Crippen molar-refractivity contribution in [3.05, 3.63) is 35.9 Å². The Hall–Kier alpha value is -1.66. The van der Waals surface area contributed by atoms with Gasteiger partial charge in [0.05, 0.1) is 13.2 Å². The second-order valence-corrected chi connectivity index (χ2v) is 4.89. The highest BCUT2D eigenvalue weighted by molar-refractivity contribution is 7.80. The van der Waals surface area contributed by atoms with Crippen LogP contribution in [0.15, 0.2) is 30.3 Å². The van der Waals surface area contributed by atoms with Gasteiger partial charge in [-0.15, -0.1) is 0 Å². The van der Waals surface area contributed by atoms with Gasteiger partial charge in [0.25, 0.3) is 0 Å². The van der Waals surface area contributed by atoms with Gasteiger partial charge in [0.15, 0.2) is 5.05 Å². The molecule has 1 atom stereocenters. The van der Waals surface area contributed by atoms with Crippen LogP contribution in [0.1, 0.15) is 12.5 Å². The van der Waals surface area contributed by atoms with Crippen LogP contribution in [-0.2, 0) is 16.0 Å². The Morgan fingerprint density at radius 1 is 1.40 bits per heavy atom. The molecule has 0 saturated carbocycles. The molecule has 1 aromatic carbocycles. The van der Waals surface area contributed by atoms with Gasteiger partial charge >= 0.3 is 6.03 Å². The SMILES string of the molecule is CON(C)C(=O)NC(COC(C)=S)Cc1ccccc1. The quantitative estimate of drug-likeness (QED) is 0.645. The van der Waals surface area contributed by atoms with Crippen LogP contribution in [0, 0.1) is 0 Å². The van der Waals surface area contributed by atoms with E-state index in [1.54, 1.807) is 14.0 Å². The number of urea groups is 1.